The number of aliphatic hydroxyl groups is 1. The second kappa shape index (κ2) is 10.2. The van der Waals surface area contributed by atoms with Crippen LogP contribution in [0.1, 0.15) is 94.0 Å². The number of aromatic amines is 1. The van der Waals surface area contributed by atoms with Crippen molar-refractivity contribution in [3.8, 4) is 11.3 Å². The lowest BCUT2D eigenvalue weighted by molar-refractivity contribution is 0.0942. The molecule has 7 heteroatoms. The van der Waals surface area contributed by atoms with Gasteiger partial charge in [-0.1, -0.05) is 21.3 Å². The minimum atomic E-state index is 0. The van der Waals surface area contributed by atoms with E-state index in [2.05, 4.69) is 66.0 Å². The van der Waals surface area contributed by atoms with Crippen molar-refractivity contribution in [3.05, 3.63) is 47.0 Å². The van der Waals surface area contributed by atoms with Crippen molar-refractivity contribution in [2.75, 3.05) is 13.2 Å². The second-order valence-electron chi connectivity index (χ2n) is 11.2. The van der Waals surface area contributed by atoms with Crippen molar-refractivity contribution < 1.29 is 5.11 Å². The molecule has 1 aliphatic carbocycles. The minimum absolute atomic E-state index is 0. The maximum Gasteiger partial charge on any atom is 0.158 e. The molecule has 1 atom stereocenters. The normalized spacial score (nSPS) is 22.8. The largest absolute Gasteiger partial charge is 0.395 e. The highest BCUT2D eigenvalue weighted by atomic mass is 16.3. The van der Waals surface area contributed by atoms with Gasteiger partial charge >= 0.3 is 0 Å². The highest BCUT2D eigenvalue weighted by Crippen LogP contribution is 2.40. The fraction of sp³-hybridized carbons (Fsp3) is 0.567. The molecule has 0 spiro atoms. The van der Waals surface area contributed by atoms with E-state index >= 15 is 0 Å². The van der Waals surface area contributed by atoms with Crippen LogP contribution in [0.5, 0.6) is 0 Å². The van der Waals surface area contributed by atoms with Gasteiger partial charge in [0.25, 0.3) is 0 Å². The fourth-order valence-corrected chi connectivity index (χ4v) is 6.79. The number of H-pyrrole nitrogens is 1. The van der Waals surface area contributed by atoms with E-state index in [0.29, 0.717) is 30.5 Å². The Morgan fingerprint density at radius 2 is 1.86 bits per heavy atom. The van der Waals surface area contributed by atoms with Crippen molar-refractivity contribution >= 4 is 16.7 Å². The molecule has 2 fully saturated rings. The van der Waals surface area contributed by atoms with Crippen molar-refractivity contribution in [2.45, 2.75) is 97.6 Å². The van der Waals surface area contributed by atoms with Crippen LogP contribution in [-0.2, 0) is 0 Å². The quantitative estimate of drug-likeness (QED) is 0.343. The summed E-state index contributed by atoms with van der Waals surface area (Å²) < 4.78 is 1.88. The standard InChI is InChI=1S/C29H38N6O.CH4/c1-17(2)26-27(23-14-35-29(30-16-31-35)19(4)18(23)3)33-25-12-11-24(32-28(25)26)20-7-9-21(10-8-20)34-13-5-6-22(34)15-36;/h11-12,14,16-17,20-22,33,36H,5-10,13,15H2,1-4H3;1H4/t20?,21?,22-;/m0./s1. The molecule has 5 heterocycles. The number of aromatic nitrogens is 5. The number of nitrogens with zero attached hydrogens (tertiary/aromatic N) is 5. The van der Waals surface area contributed by atoms with Gasteiger partial charge in [-0.05, 0) is 88.1 Å². The lowest BCUT2D eigenvalue weighted by atomic mass is 9.83. The Morgan fingerprint density at radius 3 is 2.59 bits per heavy atom. The van der Waals surface area contributed by atoms with Crippen LogP contribution in [0.2, 0.25) is 0 Å². The molecule has 198 valence electrons. The van der Waals surface area contributed by atoms with Crippen LogP contribution in [0.15, 0.2) is 24.7 Å². The van der Waals surface area contributed by atoms with Crippen LogP contribution in [-0.4, -0.2) is 59.8 Å². The molecule has 0 amide bonds. The maximum atomic E-state index is 9.76. The Balaban J connectivity index is 0.00000280. The molecule has 6 rings (SSSR count). The van der Waals surface area contributed by atoms with E-state index in [-0.39, 0.29) is 7.43 Å². The summed E-state index contributed by atoms with van der Waals surface area (Å²) >= 11 is 0. The first-order valence-corrected chi connectivity index (χ1v) is 13.6. The predicted octanol–water partition coefficient (Wildman–Crippen LogP) is 6.13. The molecule has 37 heavy (non-hydrogen) atoms. The first-order valence-electron chi connectivity index (χ1n) is 13.6. The summed E-state index contributed by atoms with van der Waals surface area (Å²) in [6, 6.07) is 5.46. The minimum Gasteiger partial charge on any atom is -0.395 e. The average Bonchev–Trinajstić information content (AvgIpc) is 3.63. The van der Waals surface area contributed by atoms with E-state index in [1.54, 1.807) is 6.33 Å². The summed E-state index contributed by atoms with van der Waals surface area (Å²) in [5, 5.41) is 14.2. The summed E-state index contributed by atoms with van der Waals surface area (Å²) in [5.41, 5.74) is 10.3. The van der Waals surface area contributed by atoms with E-state index in [1.807, 2.05) is 4.52 Å². The summed E-state index contributed by atoms with van der Waals surface area (Å²) in [4.78, 5) is 16.0. The van der Waals surface area contributed by atoms with Crippen LogP contribution >= 0.6 is 0 Å². The van der Waals surface area contributed by atoms with Crippen molar-refractivity contribution in [1.29, 1.82) is 0 Å². The first kappa shape index (κ1) is 25.9. The van der Waals surface area contributed by atoms with Gasteiger partial charge in [-0.25, -0.2) is 9.50 Å². The number of pyridine rings is 2. The molecule has 0 bridgehead atoms. The zero-order valence-electron chi connectivity index (χ0n) is 22.0. The number of aryl methyl sites for hydroxylation is 1. The lowest BCUT2D eigenvalue weighted by Gasteiger charge is -2.37. The molecule has 1 saturated carbocycles. The monoisotopic (exact) mass is 502 g/mol. The smallest absolute Gasteiger partial charge is 0.158 e. The van der Waals surface area contributed by atoms with Crippen LogP contribution in [0, 0.1) is 13.8 Å². The molecule has 2 aliphatic rings. The second-order valence-corrected chi connectivity index (χ2v) is 11.2. The van der Waals surface area contributed by atoms with Gasteiger partial charge in [-0.2, -0.15) is 5.10 Å². The van der Waals surface area contributed by atoms with E-state index in [9.17, 15) is 5.11 Å². The summed E-state index contributed by atoms with van der Waals surface area (Å²) in [5.74, 6) is 0.846. The molecule has 4 aromatic heterocycles. The van der Waals surface area contributed by atoms with Crippen LogP contribution in [0.25, 0.3) is 27.9 Å². The van der Waals surface area contributed by atoms with Gasteiger partial charge in [-0.15, -0.1) is 0 Å². The van der Waals surface area contributed by atoms with Gasteiger partial charge in [-0.3, -0.25) is 9.88 Å². The molecule has 0 aromatic carbocycles. The average molecular weight is 503 g/mol. The number of hydrogen-bond acceptors (Lipinski definition) is 5. The Morgan fingerprint density at radius 1 is 1.08 bits per heavy atom. The third-order valence-corrected chi connectivity index (χ3v) is 8.89. The lowest BCUT2D eigenvalue weighted by Crippen LogP contribution is -2.42. The molecule has 7 nitrogen and oxygen atoms in total. The van der Waals surface area contributed by atoms with E-state index in [0.717, 1.165) is 40.9 Å². The van der Waals surface area contributed by atoms with Gasteiger partial charge in [0.1, 0.15) is 6.33 Å². The fourth-order valence-electron chi connectivity index (χ4n) is 6.79. The van der Waals surface area contributed by atoms with Crippen molar-refractivity contribution in [3.63, 3.8) is 0 Å². The summed E-state index contributed by atoms with van der Waals surface area (Å²) in [6.45, 7) is 10.3. The van der Waals surface area contributed by atoms with Gasteiger partial charge in [0.05, 0.1) is 23.3 Å². The van der Waals surface area contributed by atoms with Crippen molar-refractivity contribution in [2.24, 2.45) is 0 Å². The van der Waals surface area contributed by atoms with Gasteiger partial charge < -0.3 is 10.1 Å². The Bertz CT molecular complexity index is 1390. The summed E-state index contributed by atoms with van der Waals surface area (Å²) in [7, 11) is 0. The topological polar surface area (TPSA) is 82.3 Å². The number of nitrogens with one attached hydrogen (secondary N) is 1. The van der Waals surface area contributed by atoms with Crippen molar-refractivity contribution in [1.82, 2.24) is 29.5 Å². The third-order valence-electron chi connectivity index (χ3n) is 8.89. The molecule has 1 aliphatic heterocycles. The Kier molecular flexibility index (Phi) is 7.12. The van der Waals surface area contributed by atoms with Crippen LogP contribution in [0.4, 0.5) is 0 Å². The third kappa shape index (κ3) is 4.36. The molecule has 1 saturated heterocycles. The highest BCUT2D eigenvalue weighted by Gasteiger charge is 2.33. The Hall–Kier alpha value is -2.77. The van der Waals surface area contributed by atoms with E-state index in [1.165, 1.54) is 54.5 Å². The number of hydrogen-bond donors (Lipinski definition) is 2. The van der Waals surface area contributed by atoms with Gasteiger partial charge in [0.2, 0.25) is 0 Å². The zero-order chi connectivity index (χ0) is 25.0. The van der Waals surface area contributed by atoms with Gasteiger partial charge in [0.15, 0.2) is 5.65 Å². The SMILES string of the molecule is C.Cc1c(-c2[nH]c3ccc(C4CCC(N5CCC[C@H]5CO)CC4)nc3c2C(C)C)cn2ncnc2c1C. The molecular weight excluding hydrogens is 460 g/mol. The number of fused-ring (bicyclic) bond motifs is 2. The number of rotatable bonds is 5. The molecule has 4 aromatic rings. The maximum absolute atomic E-state index is 9.76. The number of aliphatic hydroxyl groups excluding tert-OH is 1. The molecule has 0 unspecified atom stereocenters. The van der Waals surface area contributed by atoms with Crippen LogP contribution in [0.3, 0.4) is 0 Å². The molecule has 2 N–H and O–H groups in total. The Labute approximate surface area is 220 Å². The van der Waals surface area contributed by atoms with Crippen LogP contribution < -0.4 is 0 Å². The van der Waals surface area contributed by atoms with E-state index in [4.69, 9.17) is 4.98 Å². The first-order chi connectivity index (χ1) is 17.5. The highest BCUT2D eigenvalue weighted by molar-refractivity contribution is 5.89. The van der Waals surface area contributed by atoms with Gasteiger partial charge in [0, 0.05) is 41.0 Å². The molecule has 0 radical (unpaired) electrons. The molecular formula is C30H42N6O. The predicted molar refractivity (Wildman–Crippen MR) is 150 cm³/mol. The summed E-state index contributed by atoms with van der Waals surface area (Å²) in [6.07, 6.45) is 10.8. The van der Waals surface area contributed by atoms with E-state index < -0.39 is 0 Å². The number of likely N-dealkylation sites (tertiary alicyclic amines) is 1. The zero-order valence-corrected chi connectivity index (χ0v) is 22.0.